The predicted octanol–water partition coefficient (Wildman–Crippen LogP) is 3.15. The third-order valence-electron chi connectivity index (χ3n) is 3.01. The zero-order valence-electron chi connectivity index (χ0n) is 11.1. The van der Waals surface area contributed by atoms with Crippen LogP contribution in [0.3, 0.4) is 0 Å². The number of nitrogens with two attached hydrogens (primary N) is 1. The molecule has 0 aliphatic carbocycles. The van der Waals surface area contributed by atoms with Gasteiger partial charge in [0, 0.05) is 17.1 Å². The van der Waals surface area contributed by atoms with Crippen LogP contribution in [-0.2, 0) is 11.3 Å². The molecule has 0 radical (unpaired) electrons. The van der Waals surface area contributed by atoms with Crippen LogP contribution in [0.5, 0.6) is 0 Å². The lowest BCUT2D eigenvalue weighted by atomic mass is 10.1. The molecule has 0 aliphatic heterocycles. The monoisotopic (exact) mass is 308 g/mol. The van der Waals surface area contributed by atoms with Crippen molar-refractivity contribution in [3.8, 4) is 0 Å². The molecule has 4 nitrogen and oxygen atoms in total. The lowest BCUT2D eigenvalue weighted by Crippen LogP contribution is -2.30. The van der Waals surface area contributed by atoms with E-state index in [0.29, 0.717) is 11.4 Å². The molecule has 0 aromatic heterocycles. The van der Waals surface area contributed by atoms with Gasteiger partial charge in [-0.15, -0.1) is 0 Å². The Hall–Kier alpha value is -2.27. The molecule has 0 fully saturated rings. The SMILES string of the molecule is Nc1ccccc1N(CC(=O)O)Cc1c(F)cccc1Cl. The number of anilines is 2. The third-order valence-corrected chi connectivity index (χ3v) is 3.37. The molecule has 0 spiro atoms. The summed E-state index contributed by atoms with van der Waals surface area (Å²) in [4.78, 5) is 12.5. The summed E-state index contributed by atoms with van der Waals surface area (Å²) in [6.45, 7) is -0.287. The number of carbonyl (C=O) groups is 1. The highest BCUT2D eigenvalue weighted by atomic mass is 35.5. The van der Waals surface area contributed by atoms with Gasteiger partial charge in [0.05, 0.1) is 11.4 Å². The third kappa shape index (κ3) is 3.64. The van der Waals surface area contributed by atoms with E-state index in [1.807, 2.05) is 0 Å². The van der Waals surface area contributed by atoms with Crippen LogP contribution >= 0.6 is 11.6 Å². The van der Waals surface area contributed by atoms with Gasteiger partial charge in [-0.1, -0.05) is 29.8 Å². The van der Waals surface area contributed by atoms with Crippen molar-refractivity contribution < 1.29 is 14.3 Å². The number of halogens is 2. The van der Waals surface area contributed by atoms with E-state index in [9.17, 15) is 9.18 Å². The van der Waals surface area contributed by atoms with Crippen molar-refractivity contribution in [1.82, 2.24) is 0 Å². The van der Waals surface area contributed by atoms with Crippen LogP contribution < -0.4 is 10.6 Å². The van der Waals surface area contributed by atoms with Gasteiger partial charge in [-0.2, -0.15) is 0 Å². The van der Waals surface area contributed by atoms with E-state index < -0.39 is 11.8 Å². The molecular weight excluding hydrogens is 295 g/mol. The van der Waals surface area contributed by atoms with E-state index in [1.165, 1.54) is 17.0 Å². The maximum Gasteiger partial charge on any atom is 0.323 e. The zero-order chi connectivity index (χ0) is 15.4. The minimum absolute atomic E-state index is 0.0199. The summed E-state index contributed by atoms with van der Waals surface area (Å²) in [5, 5.41) is 9.29. The molecule has 21 heavy (non-hydrogen) atoms. The van der Waals surface area contributed by atoms with Crippen LogP contribution in [0.4, 0.5) is 15.8 Å². The van der Waals surface area contributed by atoms with Crippen LogP contribution in [0.25, 0.3) is 0 Å². The number of hydrogen-bond acceptors (Lipinski definition) is 3. The Morgan fingerprint density at radius 3 is 2.57 bits per heavy atom. The Balaban J connectivity index is 2.38. The molecule has 0 atom stereocenters. The summed E-state index contributed by atoms with van der Waals surface area (Å²) >= 11 is 5.99. The van der Waals surface area contributed by atoms with Gasteiger partial charge < -0.3 is 15.7 Å². The van der Waals surface area contributed by atoms with Gasteiger partial charge in [-0.3, -0.25) is 4.79 Å². The van der Waals surface area contributed by atoms with Crippen LogP contribution in [0, 0.1) is 5.82 Å². The Labute approximate surface area is 126 Å². The highest BCUT2D eigenvalue weighted by Gasteiger charge is 2.17. The van der Waals surface area contributed by atoms with Crippen molar-refractivity contribution >= 4 is 28.9 Å². The molecule has 6 heteroatoms. The summed E-state index contributed by atoms with van der Waals surface area (Å²) in [6.07, 6.45) is 0. The molecule has 0 unspecified atom stereocenters. The Kier molecular flexibility index (Phi) is 4.65. The molecule has 2 aromatic rings. The van der Waals surface area contributed by atoms with Crippen molar-refractivity contribution in [2.75, 3.05) is 17.2 Å². The lowest BCUT2D eigenvalue weighted by Gasteiger charge is -2.25. The quantitative estimate of drug-likeness (QED) is 0.833. The van der Waals surface area contributed by atoms with Gasteiger partial charge in [-0.05, 0) is 24.3 Å². The van der Waals surface area contributed by atoms with E-state index in [4.69, 9.17) is 22.4 Å². The Morgan fingerprint density at radius 1 is 1.24 bits per heavy atom. The van der Waals surface area contributed by atoms with Gasteiger partial charge in [0.15, 0.2) is 0 Å². The standard InChI is InChI=1S/C15H14ClFN2O2/c16-11-4-3-5-12(17)10(11)8-19(9-15(20)21)14-7-2-1-6-13(14)18/h1-7H,8-9,18H2,(H,20,21). The summed E-state index contributed by atoms with van der Waals surface area (Å²) in [5.41, 5.74) is 7.05. The van der Waals surface area contributed by atoms with Gasteiger partial charge in [0.2, 0.25) is 0 Å². The van der Waals surface area contributed by atoms with E-state index in [0.717, 1.165) is 0 Å². The first-order chi connectivity index (χ1) is 9.99. The number of aliphatic carboxylic acids is 1. The first-order valence-corrected chi connectivity index (χ1v) is 6.61. The zero-order valence-corrected chi connectivity index (χ0v) is 11.8. The lowest BCUT2D eigenvalue weighted by molar-refractivity contribution is -0.135. The van der Waals surface area contributed by atoms with Gasteiger partial charge in [0.1, 0.15) is 12.4 Å². The topological polar surface area (TPSA) is 66.6 Å². The number of carboxylic acid groups (broad SMARTS) is 1. The summed E-state index contributed by atoms with van der Waals surface area (Å²) in [7, 11) is 0. The Morgan fingerprint density at radius 2 is 1.95 bits per heavy atom. The Bertz CT molecular complexity index is 644. The van der Waals surface area contributed by atoms with Gasteiger partial charge in [0.25, 0.3) is 0 Å². The molecule has 0 heterocycles. The van der Waals surface area contributed by atoms with Crippen molar-refractivity contribution in [2.24, 2.45) is 0 Å². The number of nitrogens with zero attached hydrogens (tertiary/aromatic N) is 1. The van der Waals surface area contributed by atoms with Crippen molar-refractivity contribution in [2.45, 2.75) is 6.54 Å². The maximum atomic E-state index is 13.9. The first kappa shape index (κ1) is 15.1. The van der Waals surface area contributed by atoms with Gasteiger partial charge >= 0.3 is 5.97 Å². The van der Waals surface area contributed by atoms with E-state index in [2.05, 4.69) is 0 Å². The van der Waals surface area contributed by atoms with Crippen LogP contribution in [0.1, 0.15) is 5.56 Å². The van der Waals surface area contributed by atoms with E-state index >= 15 is 0 Å². The number of rotatable bonds is 5. The number of nitrogen functional groups attached to an aromatic ring is 1. The predicted molar refractivity (Wildman–Crippen MR) is 81.0 cm³/mol. The molecule has 2 aromatic carbocycles. The van der Waals surface area contributed by atoms with E-state index in [-0.39, 0.29) is 23.7 Å². The summed E-state index contributed by atoms with van der Waals surface area (Å²) < 4.78 is 13.9. The molecule has 2 rings (SSSR count). The molecule has 3 N–H and O–H groups in total. The maximum absolute atomic E-state index is 13.9. The number of carboxylic acids is 1. The summed E-state index contributed by atoms with van der Waals surface area (Å²) in [6, 6.07) is 11.2. The van der Waals surface area contributed by atoms with Crippen LogP contribution in [0.15, 0.2) is 42.5 Å². The highest BCUT2D eigenvalue weighted by Crippen LogP contribution is 2.27. The summed E-state index contributed by atoms with van der Waals surface area (Å²) in [5.74, 6) is -1.52. The molecule has 0 amide bonds. The molecule has 110 valence electrons. The average Bonchev–Trinajstić information content (AvgIpc) is 2.42. The molecule has 0 saturated heterocycles. The fourth-order valence-corrected chi connectivity index (χ4v) is 2.26. The molecule has 0 saturated carbocycles. The van der Waals surface area contributed by atoms with Gasteiger partial charge in [-0.25, -0.2) is 4.39 Å². The van der Waals surface area contributed by atoms with Crippen LogP contribution in [0.2, 0.25) is 5.02 Å². The largest absolute Gasteiger partial charge is 0.480 e. The first-order valence-electron chi connectivity index (χ1n) is 6.23. The minimum atomic E-state index is -1.04. The molecular formula is C15H14ClFN2O2. The second-order valence-electron chi connectivity index (χ2n) is 4.51. The van der Waals surface area contributed by atoms with Crippen molar-refractivity contribution in [3.05, 3.63) is 58.9 Å². The molecule has 0 bridgehead atoms. The van der Waals surface area contributed by atoms with Crippen LogP contribution in [-0.4, -0.2) is 17.6 Å². The smallest absolute Gasteiger partial charge is 0.323 e. The second kappa shape index (κ2) is 6.45. The highest BCUT2D eigenvalue weighted by molar-refractivity contribution is 6.31. The van der Waals surface area contributed by atoms with E-state index in [1.54, 1.807) is 30.3 Å². The van der Waals surface area contributed by atoms with Crippen molar-refractivity contribution in [3.63, 3.8) is 0 Å². The fourth-order valence-electron chi connectivity index (χ4n) is 2.04. The number of benzene rings is 2. The number of para-hydroxylation sites is 2. The van der Waals surface area contributed by atoms with Crippen molar-refractivity contribution in [1.29, 1.82) is 0 Å². The normalized spacial score (nSPS) is 10.4. The number of hydrogen-bond donors (Lipinski definition) is 2. The second-order valence-corrected chi connectivity index (χ2v) is 4.92. The minimum Gasteiger partial charge on any atom is -0.480 e. The fraction of sp³-hybridized carbons (Fsp3) is 0.133. The molecule has 0 aliphatic rings. The average molecular weight is 309 g/mol.